The molecule has 86 valence electrons. The Hall–Kier alpha value is -1.65. The molecule has 0 saturated heterocycles. The molecule has 0 spiro atoms. The lowest BCUT2D eigenvalue weighted by Crippen LogP contribution is -1.99. The highest BCUT2D eigenvalue weighted by atomic mass is 35.5. The molecule has 0 aliphatic heterocycles. The van der Waals surface area contributed by atoms with Gasteiger partial charge in [-0.3, -0.25) is 4.40 Å². The zero-order valence-corrected chi connectivity index (χ0v) is 9.72. The van der Waals surface area contributed by atoms with Gasteiger partial charge >= 0.3 is 0 Å². The Morgan fingerprint density at radius 3 is 2.82 bits per heavy atom. The Morgan fingerprint density at radius 2 is 2.00 bits per heavy atom. The van der Waals surface area contributed by atoms with E-state index in [9.17, 15) is 0 Å². The Kier molecular flexibility index (Phi) is 2.46. The van der Waals surface area contributed by atoms with Crippen molar-refractivity contribution in [3.8, 4) is 0 Å². The molecule has 4 nitrogen and oxygen atoms in total. The zero-order chi connectivity index (χ0) is 11.8. The molecule has 0 aliphatic carbocycles. The fourth-order valence-corrected chi connectivity index (χ4v) is 2.14. The lowest BCUT2D eigenvalue weighted by molar-refractivity contribution is 0.296. The molecular formula is C12H10ClN3O. The van der Waals surface area contributed by atoms with Gasteiger partial charge < -0.3 is 5.11 Å². The average molecular weight is 248 g/mol. The summed E-state index contributed by atoms with van der Waals surface area (Å²) in [5, 5.41) is 18.9. The fraction of sp³-hybridized carbons (Fsp3) is 0.167. The second-order valence-corrected chi connectivity index (χ2v) is 4.26. The Balaban J connectivity index is 2.42. The molecular weight excluding hydrogens is 238 g/mol. The predicted molar refractivity (Wildman–Crippen MR) is 66.3 cm³/mol. The van der Waals surface area contributed by atoms with Crippen LogP contribution in [0.5, 0.6) is 0 Å². The summed E-state index contributed by atoms with van der Waals surface area (Å²) in [5.74, 6) is 0.746. The normalized spacial score (nSPS) is 11.4. The van der Waals surface area contributed by atoms with E-state index in [4.69, 9.17) is 16.7 Å². The molecule has 17 heavy (non-hydrogen) atoms. The maximum atomic E-state index is 9.02. The molecule has 1 N–H and O–H groups in total. The van der Waals surface area contributed by atoms with Crippen LogP contribution in [0, 0.1) is 0 Å². The molecule has 0 atom stereocenters. The van der Waals surface area contributed by atoms with Crippen LogP contribution in [0.4, 0.5) is 0 Å². The summed E-state index contributed by atoms with van der Waals surface area (Å²) in [6.45, 7) is 0.0533. The molecule has 2 aromatic heterocycles. The van der Waals surface area contributed by atoms with E-state index in [2.05, 4.69) is 10.2 Å². The molecule has 5 heteroatoms. The van der Waals surface area contributed by atoms with Crippen molar-refractivity contribution in [2.24, 2.45) is 0 Å². The molecule has 0 saturated carbocycles. The van der Waals surface area contributed by atoms with Gasteiger partial charge in [-0.1, -0.05) is 17.7 Å². The minimum absolute atomic E-state index is 0.0533. The minimum atomic E-state index is 0.0533. The van der Waals surface area contributed by atoms with E-state index >= 15 is 0 Å². The van der Waals surface area contributed by atoms with Gasteiger partial charge in [0.05, 0.1) is 12.1 Å². The van der Waals surface area contributed by atoms with Crippen LogP contribution in [0.1, 0.15) is 5.82 Å². The Bertz CT molecular complexity index is 693. The van der Waals surface area contributed by atoms with Gasteiger partial charge in [-0.25, -0.2) is 0 Å². The molecule has 0 fully saturated rings. The van der Waals surface area contributed by atoms with Crippen LogP contribution >= 0.6 is 11.6 Å². The van der Waals surface area contributed by atoms with Crippen molar-refractivity contribution in [2.45, 2.75) is 6.42 Å². The van der Waals surface area contributed by atoms with Crippen LogP contribution in [-0.2, 0) is 6.42 Å². The number of aliphatic hydroxyl groups excluding tert-OH is 1. The highest BCUT2D eigenvalue weighted by Gasteiger charge is 2.08. The van der Waals surface area contributed by atoms with Gasteiger partial charge in [0.2, 0.25) is 0 Å². The van der Waals surface area contributed by atoms with Crippen molar-refractivity contribution < 1.29 is 5.11 Å². The number of rotatable bonds is 2. The lowest BCUT2D eigenvalue weighted by Gasteiger charge is -2.04. The molecule has 0 amide bonds. The van der Waals surface area contributed by atoms with Crippen LogP contribution in [0.15, 0.2) is 30.3 Å². The number of aromatic nitrogens is 3. The first-order chi connectivity index (χ1) is 8.29. The zero-order valence-electron chi connectivity index (χ0n) is 8.97. The third-order valence-electron chi connectivity index (χ3n) is 2.74. The van der Waals surface area contributed by atoms with E-state index in [1.54, 1.807) is 0 Å². The number of hydrogen-bond donors (Lipinski definition) is 1. The van der Waals surface area contributed by atoms with Crippen LogP contribution in [0.2, 0.25) is 5.02 Å². The van der Waals surface area contributed by atoms with Crippen LogP contribution in [-0.4, -0.2) is 26.3 Å². The van der Waals surface area contributed by atoms with Crippen LogP contribution < -0.4 is 0 Å². The number of pyridine rings is 1. The third kappa shape index (κ3) is 1.66. The van der Waals surface area contributed by atoms with Crippen LogP contribution in [0.3, 0.4) is 0 Å². The molecule has 2 heterocycles. The van der Waals surface area contributed by atoms with Crippen molar-refractivity contribution in [3.63, 3.8) is 0 Å². The Labute approximate surface area is 102 Å². The summed E-state index contributed by atoms with van der Waals surface area (Å²) in [6, 6.07) is 9.59. The van der Waals surface area contributed by atoms with Gasteiger partial charge in [-0.15, -0.1) is 10.2 Å². The predicted octanol–water partition coefficient (Wildman–Crippen LogP) is 2.07. The molecule has 0 unspecified atom stereocenters. The fourth-order valence-electron chi connectivity index (χ4n) is 1.98. The summed E-state index contributed by atoms with van der Waals surface area (Å²) >= 11 is 6.01. The van der Waals surface area contributed by atoms with Gasteiger partial charge in [0.25, 0.3) is 0 Å². The van der Waals surface area contributed by atoms with E-state index in [0.29, 0.717) is 11.4 Å². The first-order valence-electron chi connectivity index (χ1n) is 5.33. The highest BCUT2D eigenvalue weighted by Crippen LogP contribution is 2.21. The largest absolute Gasteiger partial charge is 0.396 e. The average Bonchev–Trinajstić information content (AvgIpc) is 2.73. The van der Waals surface area contributed by atoms with E-state index in [1.165, 1.54) is 0 Å². The standard InChI is InChI=1S/C12H10ClN3O/c13-9-3-1-8-2-4-11-14-15-12(5-6-17)16(11)10(8)7-9/h1-4,7,17H,5-6H2. The smallest absolute Gasteiger partial charge is 0.161 e. The molecule has 1 aromatic carbocycles. The summed E-state index contributed by atoms with van der Waals surface area (Å²) in [4.78, 5) is 0. The molecule has 0 aliphatic rings. The lowest BCUT2D eigenvalue weighted by atomic mass is 10.2. The van der Waals surface area contributed by atoms with Gasteiger partial charge in [0.15, 0.2) is 5.65 Å². The third-order valence-corrected chi connectivity index (χ3v) is 2.97. The Morgan fingerprint density at radius 1 is 1.18 bits per heavy atom. The van der Waals surface area contributed by atoms with Crippen molar-refractivity contribution in [3.05, 3.63) is 41.2 Å². The second kappa shape index (κ2) is 3.98. The van der Waals surface area contributed by atoms with Gasteiger partial charge in [0, 0.05) is 11.4 Å². The van der Waals surface area contributed by atoms with E-state index in [-0.39, 0.29) is 6.61 Å². The summed E-state index contributed by atoms with van der Waals surface area (Å²) in [6.07, 6.45) is 0.479. The van der Waals surface area contributed by atoms with Crippen molar-refractivity contribution in [1.82, 2.24) is 14.6 Å². The van der Waals surface area contributed by atoms with Crippen molar-refractivity contribution in [2.75, 3.05) is 6.61 Å². The van der Waals surface area contributed by atoms with Crippen molar-refractivity contribution >= 4 is 28.2 Å². The summed E-state index contributed by atoms with van der Waals surface area (Å²) in [5.41, 5.74) is 1.73. The van der Waals surface area contributed by atoms with Gasteiger partial charge in [0.1, 0.15) is 5.82 Å². The number of fused-ring (bicyclic) bond motifs is 3. The quantitative estimate of drug-likeness (QED) is 0.754. The summed E-state index contributed by atoms with van der Waals surface area (Å²) in [7, 11) is 0. The number of halogens is 1. The summed E-state index contributed by atoms with van der Waals surface area (Å²) < 4.78 is 1.93. The molecule has 3 rings (SSSR count). The molecule has 3 aromatic rings. The first-order valence-corrected chi connectivity index (χ1v) is 5.70. The molecule has 0 radical (unpaired) electrons. The number of aliphatic hydroxyl groups is 1. The number of nitrogens with zero attached hydrogens (tertiary/aromatic N) is 3. The number of benzene rings is 1. The van der Waals surface area contributed by atoms with E-state index in [0.717, 1.165) is 22.4 Å². The molecule has 0 bridgehead atoms. The van der Waals surface area contributed by atoms with E-state index in [1.807, 2.05) is 34.7 Å². The van der Waals surface area contributed by atoms with Crippen LogP contribution in [0.25, 0.3) is 16.6 Å². The monoisotopic (exact) mass is 247 g/mol. The minimum Gasteiger partial charge on any atom is -0.396 e. The SMILES string of the molecule is OCCc1nnc2ccc3ccc(Cl)cc3n12. The number of hydrogen-bond acceptors (Lipinski definition) is 3. The van der Waals surface area contributed by atoms with E-state index < -0.39 is 0 Å². The maximum Gasteiger partial charge on any atom is 0.161 e. The van der Waals surface area contributed by atoms with Crippen molar-refractivity contribution in [1.29, 1.82) is 0 Å². The topological polar surface area (TPSA) is 50.4 Å². The second-order valence-electron chi connectivity index (χ2n) is 3.82. The first kappa shape index (κ1) is 10.5. The highest BCUT2D eigenvalue weighted by molar-refractivity contribution is 6.31. The van der Waals surface area contributed by atoms with Gasteiger partial charge in [-0.2, -0.15) is 0 Å². The maximum absolute atomic E-state index is 9.02. The van der Waals surface area contributed by atoms with Gasteiger partial charge in [-0.05, 0) is 29.7 Å².